The molecule has 0 amide bonds. The molecule has 1 fully saturated rings. The van der Waals surface area contributed by atoms with E-state index in [2.05, 4.69) is 38.1 Å². The van der Waals surface area contributed by atoms with Crippen molar-refractivity contribution in [3.05, 3.63) is 21.6 Å². The van der Waals surface area contributed by atoms with Crippen LogP contribution in [-0.2, 0) is 6.54 Å². The molecule has 0 radical (unpaired) electrons. The first-order valence-corrected chi connectivity index (χ1v) is 7.13. The predicted molar refractivity (Wildman–Crippen MR) is 78.8 cm³/mol. The first kappa shape index (κ1) is 14.4. The quantitative estimate of drug-likeness (QED) is 0.923. The Bertz CT molecular complexity index is 534. The SMILES string of the molecule is CCCn1ncc(NC2C(C)(C)C2(C)C)c(Cl)c1=O. The average molecular weight is 284 g/mol. The van der Waals surface area contributed by atoms with Crippen molar-refractivity contribution in [3.63, 3.8) is 0 Å². The molecule has 1 aliphatic carbocycles. The van der Waals surface area contributed by atoms with Gasteiger partial charge in [-0.15, -0.1) is 0 Å². The zero-order valence-electron chi connectivity index (χ0n) is 12.2. The van der Waals surface area contributed by atoms with Crippen LogP contribution in [0.2, 0.25) is 5.02 Å². The zero-order chi connectivity index (χ0) is 14.4. The smallest absolute Gasteiger partial charge is 0.287 e. The number of rotatable bonds is 4. The lowest BCUT2D eigenvalue weighted by Gasteiger charge is -2.11. The van der Waals surface area contributed by atoms with E-state index in [1.54, 1.807) is 6.20 Å². The van der Waals surface area contributed by atoms with Crippen LogP contribution in [0.15, 0.2) is 11.0 Å². The fourth-order valence-electron chi connectivity index (χ4n) is 2.65. The van der Waals surface area contributed by atoms with Crippen molar-refractivity contribution < 1.29 is 0 Å². The van der Waals surface area contributed by atoms with Gasteiger partial charge in [-0.3, -0.25) is 4.79 Å². The van der Waals surface area contributed by atoms with Crippen molar-refractivity contribution in [2.24, 2.45) is 10.8 Å². The van der Waals surface area contributed by atoms with E-state index in [9.17, 15) is 4.79 Å². The number of halogens is 1. The van der Waals surface area contributed by atoms with Crippen LogP contribution >= 0.6 is 11.6 Å². The Morgan fingerprint density at radius 1 is 1.37 bits per heavy atom. The highest BCUT2D eigenvalue weighted by Gasteiger charge is 2.65. The molecule has 1 aliphatic rings. The summed E-state index contributed by atoms with van der Waals surface area (Å²) in [6, 6.07) is 0.306. The Balaban J connectivity index is 2.25. The molecule has 0 aromatic carbocycles. The van der Waals surface area contributed by atoms with E-state index in [1.165, 1.54) is 4.68 Å². The number of aromatic nitrogens is 2. The van der Waals surface area contributed by atoms with Crippen molar-refractivity contribution in [1.29, 1.82) is 0 Å². The summed E-state index contributed by atoms with van der Waals surface area (Å²) in [7, 11) is 0. The Morgan fingerprint density at radius 2 is 1.95 bits per heavy atom. The fourth-order valence-corrected chi connectivity index (χ4v) is 2.85. The van der Waals surface area contributed by atoms with Gasteiger partial charge in [-0.1, -0.05) is 46.2 Å². The maximum atomic E-state index is 12.0. The molecule has 1 aromatic rings. The molecule has 0 spiro atoms. The summed E-state index contributed by atoms with van der Waals surface area (Å²) < 4.78 is 1.41. The molecule has 1 heterocycles. The van der Waals surface area contributed by atoms with E-state index in [-0.39, 0.29) is 21.4 Å². The molecule has 5 heteroatoms. The van der Waals surface area contributed by atoms with E-state index in [0.717, 1.165) is 6.42 Å². The maximum Gasteiger partial charge on any atom is 0.287 e. The second-order valence-electron chi connectivity index (χ2n) is 6.42. The lowest BCUT2D eigenvalue weighted by Crippen LogP contribution is -2.25. The molecule has 0 aliphatic heterocycles. The highest BCUT2D eigenvalue weighted by atomic mass is 35.5. The second kappa shape index (κ2) is 4.51. The Labute approximate surface area is 119 Å². The molecular weight excluding hydrogens is 262 g/mol. The lowest BCUT2D eigenvalue weighted by molar-refractivity contribution is 0.457. The van der Waals surface area contributed by atoms with Crippen LogP contribution in [0.1, 0.15) is 41.0 Å². The van der Waals surface area contributed by atoms with E-state index in [1.807, 2.05) is 6.92 Å². The summed E-state index contributed by atoms with van der Waals surface area (Å²) in [5.74, 6) is 0. The predicted octanol–water partition coefficient (Wildman–Crippen LogP) is 3.15. The third-order valence-corrected chi connectivity index (χ3v) is 5.11. The van der Waals surface area contributed by atoms with Crippen molar-refractivity contribution in [1.82, 2.24) is 9.78 Å². The van der Waals surface area contributed by atoms with Crippen LogP contribution in [0, 0.1) is 10.8 Å². The maximum absolute atomic E-state index is 12.0. The molecule has 0 saturated heterocycles. The number of hydrogen-bond donors (Lipinski definition) is 1. The van der Waals surface area contributed by atoms with E-state index in [0.29, 0.717) is 18.3 Å². The molecule has 2 rings (SSSR count). The molecule has 1 saturated carbocycles. The Morgan fingerprint density at radius 3 is 2.42 bits per heavy atom. The summed E-state index contributed by atoms with van der Waals surface area (Å²) in [4.78, 5) is 12.0. The van der Waals surface area contributed by atoms with E-state index in [4.69, 9.17) is 11.6 Å². The fraction of sp³-hybridized carbons (Fsp3) is 0.714. The lowest BCUT2D eigenvalue weighted by atomic mass is 10.0. The summed E-state index contributed by atoms with van der Waals surface area (Å²) in [5.41, 5.74) is 0.802. The van der Waals surface area contributed by atoms with Crippen LogP contribution < -0.4 is 10.9 Å². The van der Waals surface area contributed by atoms with Gasteiger partial charge in [0.15, 0.2) is 0 Å². The van der Waals surface area contributed by atoms with Gasteiger partial charge in [0, 0.05) is 12.6 Å². The molecule has 0 atom stereocenters. The normalized spacial score (nSPS) is 20.3. The molecule has 0 bridgehead atoms. The Hall–Kier alpha value is -1.03. The third-order valence-electron chi connectivity index (χ3n) is 4.74. The van der Waals surface area contributed by atoms with Crippen LogP contribution in [0.25, 0.3) is 0 Å². The summed E-state index contributed by atoms with van der Waals surface area (Å²) >= 11 is 6.16. The number of hydrogen-bond acceptors (Lipinski definition) is 3. The van der Waals surface area contributed by atoms with Gasteiger partial charge in [-0.05, 0) is 17.3 Å². The number of aryl methyl sites for hydroxylation is 1. The minimum Gasteiger partial charge on any atom is -0.379 e. The highest BCUT2D eigenvalue weighted by Crippen LogP contribution is 2.63. The van der Waals surface area contributed by atoms with Crippen molar-refractivity contribution in [2.45, 2.75) is 53.6 Å². The first-order chi connectivity index (χ1) is 8.73. The molecule has 106 valence electrons. The number of nitrogens with zero attached hydrogens (tertiary/aromatic N) is 2. The summed E-state index contributed by atoms with van der Waals surface area (Å²) in [6.45, 7) is 11.5. The number of anilines is 1. The molecule has 1 aromatic heterocycles. The highest BCUT2D eigenvalue weighted by molar-refractivity contribution is 6.32. The largest absolute Gasteiger partial charge is 0.379 e. The van der Waals surface area contributed by atoms with Gasteiger partial charge < -0.3 is 5.32 Å². The molecule has 0 unspecified atom stereocenters. The van der Waals surface area contributed by atoms with Crippen LogP contribution in [-0.4, -0.2) is 15.8 Å². The standard InChI is InChI=1S/C14H22ClN3O/c1-6-7-18-11(19)10(15)9(8-16-18)17-12-13(2,3)14(12,4)5/h8,12,17H,6-7H2,1-5H3. The van der Waals surface area contributed by atoms with Crippen LogP contribution in [0.4, 0.5) is 5.69 Å². The number of nitrogens with one attached hydrogen (secondary N) is 1. The van der Waals surface area contributed by atoms with Crippen molar-refractivity contribution >= 4 is 17.3 Å². The summed E-state index contributed by atoms with van der Waals surface area (Å²) in [6.07, 6.45) is 2.52. The van der Waals surface area contributed by atoms with Gasteiger partial charge in [0.05, 0.1) is 11.9 Å². The van der Waals surface area contributed by atoms with E-state index >= 15 is 0 Å². The van der Waals surface area contributed by atoms with Crippen molar-refractivity contribution in [3.8, 4) is 0 Å². The monoisotopic (exact) mass is 283 g/mol. The van der Waals surface area contributed by atoms with Crippen LogP contribution in [0.3, 0.4) is 0 Å². The molecule has 19 heavy (non-hydrogen) atoms. The van der Waals surface area contributed by atoms with Gasteiger partial charge in [0.25, 0.3) is 5.56 Å². The van der Waals surface area contributed by atoms with Gasteiger partial charge in [-0.2, -0.15) is 5.10 Å². The van der Waals surface area contributed by atoms with Crippen molar-refractivity contribution in [2.75, 3.05) is 5.32 Å². The van der Waals surface area contributed by atoms with Gasteiger partial charge in [0.2, 0.25) is 0 Å². The topological polar surface area (TPSA) is 46.9 Å². The van der Waals surface area contributed by atoms with Gasteiger partial charge in [-0.25, -0.2) is 4.68 Å². The van der Waals surface area contributed by atoms with E-state index < -0.39 is 0 Å². The first-order valence-electron chi connectivity index (χ1n) is 6.75. The minimum absolute atomic E-state index is 0.189. The minimum atomic E-state index is -0.218. The van der Waals surface area contributed by atoms with Gasteiger partial charge >= 0.3 is 0 Å². The second-order valence-corrected chi connectivity index (χ2v) is 6.80. The zero-order valence-corrected chi connectivity index (χ0v) is 13.0. The Kier molecular flexibility index (Phi) is 3.42. The van der Waals surface area contributed by atoms with Crippen LogP contribution in [0.5, 0.6) is 0 Å². The summed E-state index contributed by atoms with van der Waals surface area (Å²) in [5, 5.41) is 7.77. The van der Waals surface area contributed by atoms with Gasteiger partial charge in [0.1, 0.15) is 5.02 Å². The molecular formula is C14H22ClN3O. The molecule has 1 N–H and O–H groups in total. The molecule has 4 nitrogen and oxygen atoms in total. The third kappa shape index (κ3) is 2.16. The average Bonchev–Trinajstić information content (AvgIpc) is 2.71.